The van der Waals surface area contributed by atoms with Crippen molar-refractivity contribution in [2.75, 3.05) is 13.2 Å². The van der Waals surface area contributed by atoms with Gasteiger partial charge in [0.2, 0.25) is 0 Å². The first-order chi connectivity index (χ1) is 12.9. The van der Waals surface area contributed by atoms with Crippen molar-refractivity contribution in [1.82, 2.24) is 0 Å². The summed E-state index contributed by atoms with van der Waals surface area (Å²) in [5, 5.41) is 19.7. The fraction of sp³-hybridized carbons (Fsp3) is 1.00. The summed E-state index contributed by atoms with van der Waals surface area (Å²) in [6, 6.07) is 0. The van der Waals surface area contributed by atoms with Gasteiger partial charge >= 0.3 is 118 Å². The van der Waals surface area contributed by atoms with Crippen molar-refractivity contribution in [2.24, 2.45) is 5.92 Å². The second-order valence-corrected chi connectivity index (χ2v) is 8.74. The van der Waals surface area contributed by atoms with Crippen molar-refractivity contribution in [3.8, 4) is 0 Å². The van der Waals surface area contributed by atoms with E-state index in [-0.39, 0.29) is 131 Å². The van der Waals surface area contributed by atoms with Crippen LogP contribution in [-0.2, 0) is 27.7 Å². The summed E-state index contributed by atoms with van der Waals surface area (Å²) in [4.78, 5) is 43.9. The molecule has 12 nitrogen and oxygen atoms in total. The molecule has 0 aromatic heterocycles. The zero-order valence-corrected chi connectivity index (χ0v) is 29.4. The Hall–Kier alpha value is 4.06. The molecule has 5 atom stereocenters. The Bertz CT molecular complexity index is 560. The molecule has 1 fully saturated rings. The molecule has 0 aromatic rings. The summed E-state index contributed by atoms with van der Waals surface area (Å²) < 4.78 is 41.1. The summed E-state index contributed by atoms with van der Waals surface area (Å²) in [6.07, 6.45) is -5.90. The van der Waals surface area contributed by atoms with Gasteiger partial charge in [-0.05, 0) is 18.8 Å². The summed E-state index contributed by atoms with van der Waals surface area (Å²) in [5.74, 6) is 0.111. The van der Waals surface area contributed by atoms with Crippen LogP contribution in [0.25, 0.3) is 0 Å². The van der Waals surface area contributed by atoms with E-state index >= 15 is 0 Å². The molecule has 1 rings (SSSR count). The Morgan fingerprint density at radius 2 is 1.34 bits per heavy atom. The second kappa shape index (κ2) is 21.0. The molecule has 0 saturated carbocycles. The Labute approximate surface area is 276 Å². The molecular weight excluding hydrogens is 514 g/mol. The third kappa shape index (κ3) is 16.8. The molecule has 2 N–H and O–H groups in total. The van der Waals surface area contributed by atoms with Crippen LogP contribution >= 0.6 is 15.6 Å². The largest absolute Gasteiger partial charge is 1.00 e. The SMILES string of the molecule is CCCC(CCC)CO[C@@H]1O[C@H](CO)[C@H](OP(=O)([O-])[O-])[C@H](OP(=O)([O-])[O-])[C@H]1O.[Na+].[Na+].[Na+].[Na+]. The summed E-state index contributed by atoms with van der Waals surface area (Å²) in [5.41, 5.74) is 0. The standard InChI is InChI=1S/C14H30O12P2.4Na/c1-3-5-9(6-4-2)8-23-14-11(16)13(26-28(20,21)22)12(10(7-15)24-14)25-27(17,18)19;;;;/h9-16H,3-8H2,1-2H3,(H2,17,18,19)(H2,20,21,22);;;;/q;4*+1/p-4/t10-,11-,12+,13-,14-;;;;/m1..../s1. The molecule has 0 spiro atoms. The molecule has 1 heterocycles. The van der Waals surface area contributed by atoms with E-state index in [1.54, 1.807) is 0 Å². The van der Waals surface area contributed by atoms with Crippen molar-refractivity contribution in [3.05, 3.63) is 0 Å². The Morgan fingerprint density at radius 3 is 1.72 bits per heavy atom. The normalized spacial score (nSPS) is 25.7. The Morgan fingerprint density at radius 1 is 0.906 bits per heavy atom. The molecule has 0 radical (unpaired) electrons. The minimum atomic E-state index is -5.72. The number of hydrogen-bond donors (Lipinski definition) is 2. The molecule has 1 aliphatic rings. The van der Waals surface area contributed by atoms with Gasteiger partial charge in [-0.15, -0.1) is 0 Å². The smallest absolute Gasteiger partial charge is 0.790 e. The maximum Gasteiger partial charge on any atom is 1.00 e. The summed E-state index contributed by atoms with van der Waals surface area (Å²) >= 11 is 0. The van der Waals surface area contributed by atoms with E-state index < -0.39 is 53.0 Å². The summed E-state index contributed by atoms with van der Waals surface area (Å²) in [7, 11) is -11.4. The first-order valence-corrected chi connectivity index (χ1v) is 11.8. The predicted molar refractivity (Wildman–Crippen MR) is 86.0 cm³/mol. The molecule has 1 aliphatic heterocycles. The monoisotopic (exact) mass is 540 g/mol. The first kappa shape index (κ1) is 43.1. The van der Waals surface area contributed by atoms with Crippen LogP contribution in [0, 0.1) is 5.92 Å². The molecule has 168 valence electrons. The average Bonchev–Trinajstić information content (AvgIpc) is 2.55. The number of aliphatic hydroxyl groups is 2. The van der Waals surface area contributed by atoms with Gasteiger partial charge in [-0.2, -0.15) is 0 Å². The zero-order valence-electron chi connectivity index (χ0n) is 19.6. The van der Waals surface area contributed by atoms with Crippen LogP contribution in [0.5, 0.6) is 0 Å². The minimum absolute atomic E-state index is 0. The van der Waals surface area contributed by atoms with Gasteiger partial charge in [-0.3, -0.25) is 0 Å². The Kier molecular flexibility index (Phi) is 28.2. The molecule has 0 amide bonds. The van der Waals surface area contributed by atoms with Crippen LogP contribution in [0.4, 0.5) is 0 Å². The van der Waals surface area contributed by atoms with Crippen LogP contribution in [0.2, 0.25) is 0 Å². The van der Waals surface area contributed by atoms with Gasteiger partial charge in [0.05, 0.1) is 28.9 Å². The average molecular weight is 540 g/mol. The van der Waals surface area contributed by atoms with E-state index in [1.807, 2.05) is 13.8 Å². The van der Waals surface area contributed by atoms with Gasteiger partial charge in [0, 0.05) is 0 Å². The van der Waals surface area contributed by atoms with Crippen molar-refractivity contribution >= 4 is 15.6 Å². The number of rotatable bonds is 12. The molecular formula is C14H26Na4O12P2. The van der Waals surface area contributed by atoms with Gasteiger partial charge < -0.3 is 57.4 Å². The van der Waals surface area contributed by atoms with Crippen LogP contribution in [-0.4, -0.2) is 54.1 Å². The van der Waals surface area contributed by atoms with E-state index in [0.717, 1.165) is 25.7 Å². The molecule has 0 bridgehead atoms. The number of ether oxygens (including phenoxy) is 2. The van der Waals surface area contributed by atoms with Crippen molar-refractivity contribution in [2.45, 2.75) is 70.2 Å². The quantitative estimate of drug-likeness (QED) is 0.175. The number of phosphoric acid groups is 2. The maximum atomic E-state index is 11.0. The first-order valence-electron chi connectivity index (χ1n) is 8.88. The van der Waals surface area contributed by atoms with Crippen molar-refractivity contribution < 1.29 is 176 Å². The van der Waals surface area contributed by atoms with Gasteiger partial charge in [-0.1, -0.05) is 26.7 Å². The van der Waals surface area contributed by atoms with Crippen LogP contribution in [0.3, 0.4) is 0 Å². The zero-order chi connectivity index (χ0) is 21.5. The number of aliphatic hydroxyl groups excluding tert-OH is 2. The third-order valence-corrected chi connectivity index (χ3v) is 5.19. The van der Waals surface area contributed by atoms with E-state index in [1.165, 1.54) is 0 Å². The molecule has 0 unspecified atom stereocenters. The van der Waals surface area contributed by atoms with Crippen molar-refractivity contribution in [3.63, 3.8) is 0 Å². The molecule has 0 aliphatic carbocycles. The molecule has 32 heavy (non-hydrogen) atoms. The van der Waals surface area contributed by atoms with E-state index in [2.05, 4.69) is 9.05 Å². The summed E-state index contributed by atoms with van der Waals surface area (Å²) in [6.45, 7) is 3.15. The second-order valence-electron chi connectivity index (χ2n) is 6.53. The molecule has 18 heteroatoms. The van der Waals surface area contributed by atoms with E-state index in [0.29, 0.717) is 0 Å². The topological polar surface area (TPSA) is 204 Å². The van der Waals surface area contributed by atoms with Gasteiger partial charge in [0.25, 0.3) is 0 Å². The van der Waals surface area contributed by atoms with Crippen LogP contribution < -0.4 is 138 Å². The minimum Gasteiger partial charge on any atom is -0.790 e. The maximum absolute atomic E-state index is 11.0. The van der Waals surface area contributed by atoms with Crippen molar-refractivity contribution in [1.29, 1.82) is 0 Å². The number of hydrogen-bond acceptors (Lipinski definition) is 12. The molecule has 0 aromatic carbocycles. The van der Waals surface area contributed by atoms with Gasteiger partial charge in [0.1, 0.15) is 24.4 Å². The van der Waals surface area contributed by atoms with E-state index in [4.69, 9.17) is 9.47 Å². The third-order valence-electron chi connectivity index (χ3n) is 4.19. The fourth-order valence-corrected chi connectivity index (χ4v) is 4.18. The van der Waals surface area contributed by atoms with Crippen LogP contribution in [0.15, 0.2) is 0 Å². The van der Waals surface area contributed by atoms with Crippen LogP contribution in [0.1, 0.15) is 39.5 Å². The van der Waals surface area contributed by atoms with E-state index in [9.17, 15) is 38.9 Å². The number of phosphoric ester groups is 2. The van der Waals surface area contributed by atoms with Gasteiger partial charge in [0.15, 0.2) is 6.29 Å². The molecule has 1 saturated heterocycles. The van der Waals surface area contributed by atoms with Gasteiger partial charge in [-0.25, -0.2) is 0 Å². The predicted octanol–water partition coefficient (Wildman–Crippen LogP) is -14.3. The Balaban J connectivity index is -0.000000980. The fourth-order valence-electron chi connectivity index (χ4n) is 3.08.